The molecular formula is C19H18BrNO3. The van der Waals surface area contributed by atoms with Gasteiger partial charge in [-0.3, -0.25) is 9.59 Å². The minimum Gasteiger partial charge on any atom is -0.455 e. The minimum atomic E-state index is -0.393. The number of carbonyl (C=O) groups excluding carboxylic acids is 2. The molecule has 1 heterocycles. The monoisotopic (exact) mass is 387 g/mol. The highest BCUT2D eigenvalue weighted by atomic mass is 79.9. The van der Waals surface area contributed by atoms with E-state index in [1.165, 1.54) is 5.56 Å². The number of hydrogen-bond donors (Lipinski definition) is 0. The van der Waals surface area contributed by atoms with Gasteiger partial charge in [-0.05, 0) is 42.2 Å². The molecule has 0 radical (unpaired) electrons. The molecule has 124 valence electrons. The summed E-state index contributed by atoms with van der Waals surface area (Å²) < 4.78 is 6.12. The number of ether oxygens (including phenoxy) is 1. The summed E-state index contributed by atoms with van der Waals surface area (Å²) in [6.07, 6.45) is 2.07. The first-order valence-corrected chi connectivity index (χ1v) is 8.71. The second-order valence-corrected chi connectivity index (χ2v) is 6.66. The van der Waals surface area contributed by atoms with Gasteiger partial charge in [0.15, 0.2) is 6.61 Å². The molecule has 1 amide bonds. The molecule has 0 spiro atoms. The average molecular weight is 388 g/mol. The van der Waals surface area contributed by atoms with Crippen molar-refractivity contribution < 1.29 is 14.3 Å². The van der Waals surface area contributed by atoms with Crippen molar-refractivity contribution in [2.75, 3.05) is 18.1 Å². The van der Waals surface area contributed by atoms with Crippen LogP contribution in [0.25, 0.3) is 0 Å². The quantitative estimate of drug-likeness (QED) is 0.754. The smallest absolute Gasteiger partial charge is 0.310 e. The number of nitrogens with zero attached hydrogens (tertiary/aromatic N) is 1. The van der Waals surface area contributed by atoms with E-state index in [0.29, 0.717) is 6.54 Å². The van der Waals surface area contributed by atoms with Gasteiger partial charge in [0.1, 0.15) is 0 Å². The van der Waals surface area contributed by atoms with E-state index in [-0.39, 0.29) is 18.9 Å². The summed E-state index contributed by atoms with van der Waals surface area (Å²) in [6.45, 7) is 0.448. The number of fused-ring (bicyclic) bond motifs is 1. The van der Waals surface area contributed by atoms with E-state index in [1.807, 2.05) is 48.5 Å². The van der Waals surface area contributed by atoms with Crippen molar-refractivity contribution in [3.63, 3.8) is 0 Å². The Labute approximate surface area is 149 Å². The molecule has 4 nitrogen and oxygen atoms in total. The van der Waals surface area contributed by atoms with Crippen LogP contribution >= 0.6 is 15.9 Å². The fraction of sp³-hybridized carbons (Fsp3) is 0.263. The Hall–Kier alpha value is -2.14. The topological polar surface area (TPSA) is 46.6 Å². The molecule has 1 aliphatic heterocycles. The van der Waals surface area contributed by atoms with E-state index in [2.05, 4.69) is 15.9 Å². The maximum absolute atomic E-state index is 12.4. The number of para-hydroxylation sites is 1. The van der Waals surface area contributed by atoms with Crippen molar-refractivity contribution in [2.24, 2.45) is 0 Å². The number of anilines is 1. The van der Waals surface area contributed by atoms with Gasteiger partial charge in [-0.15, -0.1) is 0 Å². The Kier molecular flexibility index (Phi) is 5.30. The Morgan fingerprint density at radius 2 is 1.83 bits per heavy atom. The van der Waals surface area contributed by atoms with Gasteiger partial charge in [0.25, 0.3) is 5.91 Å². The number of halogens is 1. The highest BCUT2D eigenvalue weighted by Crippen LogP contribution is 2.26. The van der Waals surface area contributed by atoms with Crippen LogP contribution in [0.15, 0.2) is 53.0 Å². The predicted octanol–water partition coefficient (Wildman–Crippen LogP) is 3.51. The van der Waals surface area contributed by atoms with Crippen LogP contribution in [0.1, 0.15) is 17.5 Å². The third-order valence-electron chi connectivity index (χ3n) is 4.03. The third kappa shape index (κ3) is 4.03. The maximum Gasteiger partial charge on any atom is 0.310 e. The van der Waals surface area contributed by atoms with Gasteiger partial charge in [-0.2, -0.15) is 0 Å². The van der Waals surface area contributed by atoms with Crippen LogP contribution in [0, 0.1) is 0 Å². The fourth-order valence-electron chi connectivity index (χ4n) is 2.83. The van der Waals surface area contributed by atoms with Gasteiger partial charge >= 0.3 is 5.97 Å². The van der Waals surface area contributed by atoms with E-state index < -0.39 is 5.97 Å². The molecule has 0 saturated heterocycles. The first-order valence-electron chi connectivity index (χ1n) is 7.92. The fourth-order valence-corrected chi connectivity index (χ4v) is 3.10. The lowest BCUT2D eigenvalue weighted by Crippen LogP contribution is -2.38. The molecule has 1 aliphatic rings. The molecule has 5 heteroatoms. The molecule has 0 unspecified atom stereocenters. The molecular weight excluding hydrogens is 370 g/mol. The first kappa shape index (κ1) is 16.7. The molecule has 0 aromatic heterocycles. The van der Waals surface area contributed by atoms with Crippen molar-refractivity contribution in [3.8, 4) is 0 Å². The Morgan fingerprint density at radius 1 is 1.08 bits per heavy atom. The summed E-state index contributed by atoms with van der Waals surface area (Å²) in [6, 6.07) is 15.3. The van der Waals surface area contributed by atoms with Crippen LogP contribution < -0.4 is 4.90 Å². The molecule has 0 fully saturated rings. The number of aryl methyl sites for hydroxylation is 1. The summed E-state index contributed by atoms with van der Waals surface area (Å²) in [7, 11) is 0. The molecule has 0 atom stereocenters. The van der Waals surface area contributed by atoms with Crippen molar-refractivity contribution in [2.45, 2.75) is 19.3 Å². The zero-order chi connectivity index (χ0) is 16.9. The third-order valence-corrected chi connectivity index (χ3v) is 4.56. The van der Waals surface area contributed by atoms with Crippen molar-refractivity contribution >= 4 is 33.5 Å². The lowest BCUT2D eigenvalue weighted by atomic mass is 10.0. The Morgan fingerprint density at radius 3 is 2.62 bits per heavy atom. The van der Waals surface area contributed by atoms with Crippen LogP contribution in [0.5, 0.6) is 0 Å². The number of rotatable bonds is 4. The number of carbonyl (C=O) groups is 2. The average Bonchev–Trinajstić information content (AvgIpc) is 2.61. The Bertz CT molecular complexity index is 743. The number of esters is 1. The molecule has 2 aromatic rings. The lowest BCUT2D eigenvalue weighted by molar-refractivity contribution is -0.147. The van der Waals surface area contributed by atoms with Crippen LogP contribution in [-0.4, -0.2) is 25.0 Å². The number of benzene rings is 2. The summed E-state index contributed by atoms with van der Waals surface area (Å²) in [4.78, 5) is 26.0. The van der Waals surface area contributed by atoms with E-state index in [4.69, 9.17) is 4.74 Å². The lowest BCUT2D eigenvalue weighted by Gasteiger charge is -2.29. The minimum absolute atomic E-state index is 0.164. The maximum atomic E-state index is 12.4. The zero-order valence-corrected chi connectivity index (χ0v) is 14.8. The van der Waals surface area contributed by atoms with E-state index in [9.17, 15) is 9.59 Å². The van der Waals surface area contributed by atoms with E-state index >= 15 is 0 Å². The second kappa shape index (κ2) is 7.62. The van der Waals surface area contributed by atoms with Crippen LogP contribution in [0.4, 0.5) is 5.69 Å². The molecule has 24 heavy (non-hydrogen) atoms. The number of hydrogen-bond acceptors (Lipinski definition) is 3. The molecule has 0 saturated carbocycles. The van der Waals surface area contributed by atoms with Crippen LogP contribution in [0.2, 0.25) is 0 Å². The largest absolute Gasteiger partial charge is 0.455 e. The van der Waals surface area contributed by atoms with Gasteiger partial charge in [0.05, 0.1) is 6.42 Å². The predicted molar refractivity (Wildman–Crippen MR) is 95.9 cm³/mol. The SMILES string of the molecule is O=C(Cc1ccc(Br)cc1)OCC(=O)N1CCCc2ccccc21. The summed E-state index contributed by atoms with van der Waals surface area (Å²) >= 11 is 3.35. The van der Waals surface area contributed by atoms with Crippen molar-refractivity contribution in [3.05, 3.63) is 64.1 Å². The van der Waals surface area contributed by atoms with Crippen molar-refractivity contribution in [1.29, 1.82) is 0 Å². The normalized spacial score (nSPS) is 13.3. The zero-order valence-electron chi connectivity index (χ0n) is 13.2. The Balaban J connectivity index is 1.56. The molecule has 0 bridgehead atoms. The number of amides is 1. The molecule has 0 N–H and O–H groups in total. The van der Waals surface area contributed by atoms with Crippen molar-refractivity contribution in [1.82, 2.24) is 0 Å². The van der Waals surface area contributed by atoms with Gasteiger partial charge in [-0.25, -0.2) is 0 Å². The first-order chi connectivity index (χ1) is 11.6. The van der Waals surface area contributed by atoms with E-state index in [0.717, 1.165) is 28.6 Å². The molecule has 0 aliphatic carbocycles. The molecule has 3 rings (SSSR count). The van der Waals surface area contributed by atoms with Gasteiger partial charge in [0.2, 0.25) is 0 Å². The molecule has 2 aromatic carbocycles. The van der Waals surface area contributed by atoms with E-state index in [1.54, 1.807) is 4.90 Å². The highest BCUT2D eigenvalue weighted by Gasteiger charge is 2.22. The standard InChI is InChI=1S/C19H18BrNO3/c20-16-9-7-14(8-10-16)12-19(23)24-13-18(22)21-11-3-5-15-4-1-2-6-17(15)21/h1-2,4,6-10H,3,5,11-13H2. The van der Waals surface area contributed by atoms with Crippen LogP contribution in [-0.2, 0) is 27.2 Å². The van der Waals surface area contributed by atoms with Gasteiger partial charge < -0.3 is 9.64 Å². The highest BCUT2D eigenvalue weighted by molar-refractivity contribution is 9.10. The van der Waals surface area contributed by atoms with Gasteiger partial charge in [0, 0.05) is 16.7 Å². The van der Waals surface area contributed by atoms with Gasteiger partial charge in [-0.1, -0.05) is 46.3 Å². The summed E-state index contributed by atoms with van der Waals surface area (Å²) in [5.41, 5.74) is 2.95. The summed E-state index contributed by atoms with van der Waals surface area (Å²) in [5.74, 6) is -0.567. The van der Waals surface area contributed by atoms with Crippen LogP contribution in [0.3, 0.4) is 0 Å². The summed E-state index contributed by atoms with van der Waals surface area (Å²) in [5, 5.41) is 0. The second-order valence-electron chi connectivity index (χ2n) is 5.74.